The molecule has 0 amide bonds. The van der Waals surface area contributed by atoms with Crippen molar-refractivity contribution in [2.75, 3.05) is 24.2 Å². The molecule has 1 aliphatic rings. The molecule has 2 heterocycles. The van der Waals surface area contributed by atoms with Crippen LogP contribution in [0.5, 0.6) is 0 Å². The van der Waals surface area contributed by atoms with Gasteiger partial charge in [-0.3, -0.25) is 4.79 Å². The van der Waals surface area contributed by atoms with Gasteiger partial charge in [-0.15, -0.1) is 0 Å². The van der Waals surface area contributed by atoms with Gasteiger partial charge in [0, 0.05) is 25.5 Å². The van der Waals surface area contributed by atoms with Crippen LogP contribution in [-0.2, 0) is 21.1 Å². The van der Waals surface area contributed by atoms with Crippen molar-refractivity contribution in [1.82, 2.24) is 4.98 Å². The number of pyridine rings is 1. The van der Waals surface area contributed by atoms with Gasteiger partial charge >= 0.3 is 5.97 Å². The normalized spacial score (nSPS) is 23.2. The minimum Gasteiger partial charge on any atom is -0.481 e. The summed E-state index contributed by atoms with van der Waals surface area (Å²) < 4.78 is 23.2. The van der Waals surface area contributed by atoms with E-state index in [1.165, 1.54) is 12.3 Å². The van der Waals surface area contributed by atoms with Crippen molar-refractivity contribution in [2.45, 2.75) is 23.8 Å². The van der Waals surface area contributed by atoms with Crippen LogP contribution in [0.3, 0.4) is 0 Å². The van der Waals surface area contributed by atoms with E-state index >= 15 is 0 Å². The Balaban J connectivity index is 1.90. The van der Waals surface area contributed by atoms with Crippen LogP contribution in [0.1, 0.15) is 12.0 Å². The molecule has 27 heavy (non-hydrogen) atoms. The number of piperidine rings is 1. The topological polar surface area (TPSA) is 108 Å². The predicted octanol–water partition coefficient (Wildman–Crippen LogP) is 1.37. The van der Waals surface area contributed by atoms with Crippen molar-refractivity contribution in [3.8, 4) is 0 Å². The van der Waals surface area contributed by atoms with Crippen LogP contribution in [0, 0.1) is 5.41 Å². The summed E-state index contributed by atoms with van der Waals surface area (Å²) in [5.74, 6) is -0.565. The summed E-state index contributed by atoms with van der Waals surface area (Å²) in [5, 5.41) is 20.5. The lowest BCUT2D eigenvalue weighted by Crippen LogP contribution is -2.57. The summed E-state index contributed by atoms with van der Waals surface area (Å²) in [7, 11) is -3.35. The van der Waals surface area contributed by atoms with Gasteiger partial charge in [-0.1, -0.05) is 30.3 Å². The zero-order chi connectivity index (χ0) is 19.7. The second kappa shape index (κ2) is 7.28. The van der Waals surface area contributed by atoms with Gasteiger partial charge in [0.2, 0.25) is 0 Å². The van der Waals surface area contributed by atoms with E-state index in [0.29, 0.717) is 12.4 Å². The lowest BCUT2D eigenvalue weighted by Gasteiger charge is -2.44. The van der Waals surface area contributed by atoms with Crippen LogP contribution in [-0.4, -0.2) is 55.0 Å². The van der Waals surface area contributed by atoms with Crippen molar-refractivity contribution in [1.29, 1.82) is 0 Å². The fraction of sp³-hybridized carbons (Fsp3) is 0.368. The number of hydrogen-bond donors (Lipinski definition) is 2. The Morgan fingerprint density at radius 3 is 2.52 bits per heavy atom. The maximum Gasteiger partial charge on any atom is 0.314 e. The monoisotopic (exact) mass is 390 g/mol. The van der Waals surface area contributed by atoms with Gasteiger partial charge < -0.3 is 15.1 Å². The summed E-state index contributed by atoms with van der Waals surface area (Å²) in [6.07, 6.45) is 1.88. The number of aliphatic hydroxyl groups is 1. The van der Waals surface area contributed by atoms with Gasteiger partial charge in [0.15, 0.2) is 9.84 Å². The number of hydrogen-bond acceptors (Lipinski definition) is 6. The lowest BCUT2D eigenvalue weighted by atomic mass is 9.73. The maximum atomic E-state index is 12.2. The van der Waals surface area contributed by atoms with E-state index in [-0.39, 0.29) is 24.3 Å². The molecule has 0 aliphatic carbocycles. The fourth-order valence-electron chi connectivity index (χ4n) is 3.47. The molecule has 0 bridgehead atoms. The first-order valence-corrected chi connectivity index (χ1v) is 10.5. The maximum absolute atomic E-state index is 12.2. The van der Waals surface area contributed by atoms with E-state index in [1.54, 1.807) is 11.0 Å². The molecule has 1 fully saturated rings. The second-order valence-corrected chi connectivity index (χ2v) is 8.99. The molecule has 0 saturated carbocycles. The Bertz CT molecular complexity index is 915. The quantitative estimate of drug-likeness (QED) is 0.794. The van der Waals surface area contributed by atoms with Crippen LogP contribution in [0.25, 0.3) is 0 Å². The van der Waals surface area contributed by atoms with Crippen LogP contribution in [0.4, 0.5) is 5.82 Å². The highest BCUT2D eigenvalue weighted by molar-refractivity contribution is 7.90. The number of rotatable bonds is 5. The molecule has 1 aliphatic heterocycles. The number of anilines is 1. The Kier molecular flexibility index (Phi) is 5.21. The molecule has 1 aromatic heterocycles. The number of carboxylic acid groups (broad SMARTS) is 1. The number of aliphatic carboxylic acids is 1. The van der Waals surface area contributed by atoms with Crippen molar-refractivity contribution < 1.29 is 23.4 Å². The average molecular weight is 390 g/mol. The van der Waals surface area contributed by atoms with Crippen molar-refractivity contribution in [2.24, 2.45) is 5.41 Å². The molecular formula is C19H22N2O5S. The third-order valence-electron chi connectivity index (χ3n) is 5.04. The SMILES string of the molecule is CS(=O)(=O)c1ccc(N2CC[C@@H](O)[C@](Cc3ccccc3)(C(=O)O)C2)nc1. The first kappa shape index (κ1) is 19.3. The van der Waals surface area contributed by atoms with E-state index in [2.05, 4.69) is 4.98 Å². The zero-order valence-corrected chi connectivity index (χ0v) is 15.8. The molecule has 1 saturated heterocycles. The summed E-state index contributed by atoms with van der Waals surface area (Å²) in [6, 6.07) is 12.2. The number of aromatic nitrogens is 1. The van der Waals surface area contributed by atoms with E-state index in [9.17, 15) is 23.4 Å². The molecule has 2 atom stereocenters. The Morgan fingerprint density at radius 1 is 1.26 bits per heavy atom. The van der Waals surface area contributed by atoms with E-state index in [0.717, 1.165) is 11.8 Å². The summed E-state index contributed by atoms with van der Waals surface area (Å²) in [6.45, 7) is 0.528. The molecule has 1 aromatic carbocycles. The number of carboxylic acids is 1. The van der Waals surface area contributed by atoms with Crippen molar-refractivity contribution in [3.63, 3.8) is 0 Å². The summed E-state index contributed by atoms with van der Waals surface area (Å²) >= 11 is 0. The Hall–Kier alpha value is -2.45. The molecular weight excluding hydrogens is 368 g/mol. The predicted molar refractivity (Wildman–Crippen MR) is 100 cm³/mol. The van der Waals surface area contributed by atoms with Crippen LogP contribution in [0.15, 0.2) is 53.6 Å². The molecule has 0 radical (unpaired) electrons. The van der Waals surface area contributed by atoms with E-state index in [4.69, 9.17) is 0 Å². The lowest BCUT2D eigenvalue weighted by molar-refractivity contribution is -0.157. The van der Waals surface area contributed by atoms with Gasteiger partial charge in [0.1, 0.15) is 11.2 Å². The van der Waals surface area contributed by atoms with E-state index in [1.807, 2.05) is 30.3 Å². The van der Waals surface area contributed by atoms with Gasteiger partial charge in [0.05, 0.1) is 11.0 Å². The number of nitrogens with zero attached hydrogens (tertiary/aromatic N) is 2. The van der Waals surface area contributed by atoms with Gasteiger partial charge in [0.25, 0.3) is 0 Å². The molecule has 8 heteroatoms. The largest absolute Gasteiger partial charge is 0.481 e. The van der Waals surface area contributed by atoms with Crippen LogP contribution < -0.4 is 4.90 Å². The summed E-state index contributed by atoms with van der Waals surface area (Å²) in [5.41, 5.74) is -0.530. The molecule has 0 spiro atoms. The van der Waals surface area contributed by atoms with Crippen LogP contribution in [0.2, 0.25) is 0 Å². The third kappa shape index (κ3) is 3.96. The average Bonchev–Trinajstić information content (AvgIpc) is 2.63. The van der Waals surface area contributed by atoms with E-state index < -0.39 is 27.3 Å². The minimum absolute atomic E-state index is 0.0869. The number of benzene rings is 1. The standard InChI is InChI=1S/C19H22N2O5S/c1-27(25,26)15-7-8-17(20-12-15)21-10-9-16(22)19(13-21,18(23)24)11-14-5-3-2-4-6-14/h2-8,12,16,22H,9-11,13H2,1H3,(H,23,24)/t16-,19-/m1/s1. The first-order chi connectivity index (χ1) is 12.7. The highest BCUT2D eigenvalue weighted by Crippen LogP contribution is 2.36. The molecule has 7 nitrogen and oxygen atoms in total. The smallest absolute Gasteiger partial charge is 0.314 e. The molecule has 3 rings (SSSR count). The number of sulfone groups is 1. The van der Waals surface area contributed by atoms with Gasteiger partial charge in [-0.25, -0.2) is 13.4 Å². The highest BCUT2D eigenvalue weighted by atomic mass is 32.2. The summed E-state index contributed by atoms with van der Waals surface area (Å²) in [4.78, 5) is 18.3. The Morgan fingerprint density at radius 2 is 1.96 bits per heavy atom. The Labute approximate surface area is 158 Å². The number of carbonyl (C=O) groups is 1. The third-order valence-corrected chi connectivity index (χ3v) is 6.14. The van der Waals surface area contributed by atoms with Gasteiger partial charge in [-0.2, -0.15) is 0 Å². The molecule has 2 N–H and O–H groups in total. The number of aliphatic hydroxyl groups excluding tert-OH is 1. The molecule has 0 unspecified atom stereocenters. The van der Waals surface area contributed by atoms with Crippen molar-refractivity contribution in [3.05, 3.63) is 54.2 Å². The van der Waals surface area contributed by atoms with Crippen molar-refractivity contribution >= 4 is 21.6 Å². The second-order valence-electron chi connectivity index (χ2n) is 6.97. The van der Waals surface area contributed by atoms with Crippen LogP contribution >= 0.6 is 0 Å². The van der Waals surface area contributed by atoms with Gasteiger partial charge in [-0.05, 0) is 30.5 Å². The fourth-order valence-corrected chi connectivity index (χ4v) is 4.03. The highest BCUT2D eigenvalue weighted by Gasteiger charge is 2.49. The molecule has 2 aromatic rings. The molecule has 144 valence electrons. The first-order valence-electron chi connectivity index (χ1n) is 8.59. The minimum atomic E-state index is -3.35. The zero-order valence-electron chi connectivity index (χ0n) is 14.9.